The molecule has 2 N–H and O–H groups in total. The second-order valence-corrected chi connectivity index (χ2v) is 5.99. The van der Waals surface area contributed by atoms with Crippen molar-refractivity contribution in [3.05, 3.63) is 59.7 Å². The normalized spacial score (nSPS) is 10.4. The van der Waals surface area contributed by atoms with E-state index in [2.05, 4.69) is 10.6 Å². The first-order valence-electron chi connectivity index (χ1n) is 7.72. The molecular formula is C19H22N2O2. The number of carbonyl (C=O) groups excluding carboxylic acids is 2. The van der Waals surface area contributed by atoms with Gasteiger partial charge in [-0.3, -0.25) is 9.59 Å². The van der Waals surface area contributed by atoms with E-state index in [-0.39, 0.29) is 11.8 Å². The van der Waals surface area contributed by atoms with Gasteiger partial charge < -0.3 is 10.6 Å². The predicted molar refractivity (Wildman–Crippen MR) is 93.7 cm³/mol. The van der Waals surface area contributed by atoms with Crippen molar-refractivity contribution in [2.24, 2.45) is 5.92 Å². The van der Waals surface area contributed by atoms with Crippen molar-refractivity contribution in [3.63, 3.8) is 0 Å². The van der Waals surface area contributed by atoms with Gasteiger partial charge in [0.15, 0.2) is 0 Å². The third kappa shape index (κ3) is 4.95. The number of hydrogen-bond acceptors (Lipinski definition) is 2. The van der Waals surface area contributed by atoms with Crippen LogP contribution in [0.2, 0.25) is 0 Å². The SMILES string of the molecule is Cc1ccccc1C(=O)Nc1ccc(NC(=O)CC(C)C)cc1. The van der Waals surface area contributed by atoms with Gasteiger partial charge in [-0.25, -0.2) is 0 Å². The molecule has 23 heavy (non-hydrogen) atoms. The Morgan fingerprint density at radius 3 is 2.04 bits per heavy atom. The summed E-state index contributed by atoms with van der Waals surface area (Å²) in [5.74, 6) is 0.180. The molecule has 4 heteroatoms. The molecule has 2 aromatic carbocycles. The van der Waals surface area contributed by atoms with Crippen molar-refractivity contribution in [1.29, 1.82) is 0 Å². The maximum Gasteiger partial charge on any atom is 0.255 e. The molecule has 0 spiro atoms. The second-order valence-electron chi connectivity index (χ2n) is 5.99. The zero-order chi connectivity index (χ0) is 16.8. The zero-order valence-corrected chi connectivity index (χ0v) is 13.7. The highest BCUT2D eigenvalue weighted by Crippen LogP contribution is 2.16. The molecule has 0 aliphatic heterocycles. The first-order chi connectivity index (χ1) is 11.0. The Labute approximate surface area is 136 Å². The van der Waals surface area contributed by atoms with Crippen molar-refractivity contribution in [3.8, 4) is 0 Å². The predicted octanol–water partition coefficient (Wildman–Crippen LogP) is 4.23. The zero-order valence-electron chi connectivity index (χ0n) is 13.7. The summed E-state index contributed by atoms with van der Waals surface area (Å²) in [6.07, 6.45) is 0.492. The molecule has 0 heterocycles. The minimum Gasteiger partial charge on any atom is -0.326 e. The van der Waals surface area contributed by atoms with Gasteiger partial charge in [-0.05, 0) is 48.7 Å². The molecular weight excluding hydrogens is 288 g/mol. The Morgan fingerprint density at radius 1 is 0.913 bits per heavy atom. The summed E-state index contributed by atoms with van der Waals surface area (Å²) in [6, 6.07) is 14.6. The van der Waals surface area contributed by atoms with Gasteiger partial charge in [-0.1, -0.05) is 32.0 Å². The standard InChI is InChI=1S/C19H22N2O2/c1-13(2)12-18(22)20-15-8-10-16(11-9-15)21-19(23)17-7-5-4-6-14(17)3/h4-11,13H,12H2,1-3H3,(H,20,22)(H,21,23). The van der Waals surface area contributed by atoms with Crippen LogP contribution in [-0.2, 0) is 4.79 Å². The highest BCUT2D eigenvalue weighted by Gasteiger charge is 2.09. The van der Waals surface area contributed by atoms with E-state index in [0.717, 1.165) is 11.3 Å². The molecule has 0 fully saturated rings. The number of amides is 2. The first-order valence-corrected chi connectivity index (χ1v) is 7.72. The molecule has 0 saturated carbocycles. The van der Waals surface area contributed by atoms with E-state index in [1.807, 2.05) is 39.0 Å². The summed E-state index contributed by atoms with van der Waals surface area (Å²) < 4.78 is 0. The summed E-state index contributed by atoms with van der Waals surface area (Å²) in [5, 5.41) is 5.70. The first kappa shape index (κ1) is 16.7. The van der Waals surface area contributed by atoms with Gasteiger partial charge in [0.05, 0.1) is 0 Å². The van der Waals surface area contributed by atoms with E-state index in [1.165, 1.54) is 0 Å². The average Bonchev–Trinajstić information content (AvgIpc) is 2.48. The van der Waals surface area contributed by atoms with Crippen LogP contribution in [0.25, 0.3) is 0 Å². The van der Waals surface area contributed by atoms with Gasteiger partial charge in [0, 0.05) is 23.4 Å². The van der Waals surface area contributed by atoms with Gasteiger partial charge in [-0.2, -0.15) is 0 Å². The van der Waals surface area contributed by atoms with Gasteiger partial charge in [0.25, 0.3) is 5.91 Å². The van der Waals surface area contributed by atoms with Crippen LogP contribution >= 0.6 is 0 Å². The molecule has 0 aromatic heterocycles. The molecule has 0 bridgehead atoms. The number of benzene rings is 2. The maximum absolute atomic E-state index is 12.2. The van der Waals surface area contributed by atoms with Crippen LogP contribution in [-0.4, -0.2) is 11.8 Å². The molecule has 0 radical (unpaired) electrons. The summed E-state index contributed by atoms with van der Waals surface area (Å²) >= 11 is 0. The van der Waals surface area contributed by atoms with Crippen LogP contribution in [0.5, 0.6) is 0 Å². The second kappa shape index (κ2) is 7.58. The van der Waals surface area contributed by atoms with Crippen LogP contribution < -0.4 is 10.6 Å². The fourth-order valence-electron chi connectivity index (χ4n) is 2.25. The number of hydrogen-bond donors (Lipinski definition) is 2. The number of rotatable bonds is 5. The minimum atomic E-state index is -0.139. The van der Waals surface area contributed by atoms with Crippen molar-refractivity contribution < 1.29 is 9.59 Å². The molecule has 120 valence electrons. The maximum atomic E-state index is 12.2. The minimum absolute atomic E-state index is 0.00306. The smallest absolute Gasteiger partial charge is 0.255 e. The highest BCUT2D eigenvalue weighted by molar-refractivity contribution is 6.05. The Bertz CT molecular complexity index is 691. The molecule has 2 amide bonds. The van der Waals surface area contributed by atoms with Crippen LogP contribution in [0.3, 0.4) is 0 Å². The topological polar surface area (TPSA) is 58.2 Å². The molecule has 0 unspecified atom stereocenters. The lowest BCUT2D eigenvalue weighted by atomic mass is 10.1. The van der Waals surface area contributed by atoms with Crippen molar-refractivity contribution >= 4 is 23.2 Å². The third-order valence-electron chi connectivity index (χ3n) is 3.41. The molecule has 0 atom stereocenters. The van der Waals surface area contributed by atoms with Crippen molar-refractivity contribution in [2.75, 3.05) is 10.6 Å². The van der Waals surface area contributed by atoms with E-state index in [4.69, 9.17) is 0 Å². The molecule has 0 saturated heterocycles. The number of aryl methyl sites for hydroxylation is 1. The van der Waals surface area contributed by atoms with Crippen molar-refractivity contribution in [2.45, 2.75) is 27.2 Å². The van der Waals surface area contributed by atoms with E-state index in [0.29, 0.717) is 23.6 Å². The molecule has 2 aromatic rings. The Morgan fingerprint density at radius 2 is 1.48 bits per heavy atom. The summed E-state index contributed by atoms with van der Waals surface area (Å²) in [4.78, 5) is 24.0. The Balaban J connectivity index is 1.99. The number of anilines is 2. The molecule has 0 aliphatic carbocycles. The summed E-state index contributed by atoms with van der Waals surface area (Å²) in [5.41, 5.74) is 3.01. The summed E-state index contributed by atoms with van der Waals surface area (Å²) in [7, 11) is 0. The monoisotopic (exact) mass is 310 g/mol. The Hall–Kier alpha value is -2.62. The van der Waals surface area contributed by atoms with Crippen LogP contribution in [0.15, 0.2) is 48.5 Å². The van der Waals surface area contributed by atoms with Crippen LogP contribution in [0, 0.1) is 12.8 Å². The quantitative estimate of drug-likeness (QED) is 0.868. The molecule has 2 rings (SSSR count). The fourth-order valence-corrected chi connectivity index (χ4v) is 2.25. The van der Waals surface area contributed by atoms with Crippen molar-refractivity contribution in [1.82, 2.24) is 0 Å². The molecule has 0 aliphatic rings. The van der Waals surface area contributed by atoms with E-state index < -0.39 is 0 Å². The Kier molecular flexibility index (Phi) is 5.52. The van der Waals surface area contributed by atoms with Gasteiger partial charge in [0.2, 0.25) is 5.91 Å². The van der Waals surface area contributed by atoms with Gasteiger partial charge >= 0.3 is 0 Å². The molecule has 4 nitrogen and oxygen atoms in total. The lowest BCUT2D eigenvalue weighted by Crippen LogP contribution is -2.14. The lowest BCUT2D eigenvalue weighted by molar-refractivity contribution is -0.116. The lowest BCUT2D eigenvalue weighted by Gasteiger charge is -2.10. The highest BCUT2D eigenvalue weighted by atomic mass is 16.2. The van der Waals surface area contributed by atoms with Gasteiger partial charge in [-0.15, -0.1) is 0 Å². The number of nitrogens with one attached hydrogen (secondary N) is 2. The third-order valence-corrected chi connectivity index (χ3v) is 3.41. The van der Waals surface area contributed by atoms with Gasteiger partial charge in [0.1, 0.15) is 0 Å². The van der Waals surface area contributed by atoms with Crippen LogP contribution in [0.4, 0.5) is 11.4 Å². The van der Waals surface area contributed by atoms with E-state index in [1.54, 1.807) is 30.3 Å². The number of carbonyl (C=O) groups is 2. The van der Waals surface area contributed by atoms with Crippen LogP contribution in [0.1, 0.15) is 36.2 Å². The van der Waals surface area contributed by atoms with E-state index in [9.17, 15) is 9.59 Å². The average molecular weight is 310 g/mol. The summed E-state index contributed by atoms with van der Waals surface area (Å²) in [6.45, 7) is 5.91. The largest absolute Gasteiger partial charge is 0.326 e. The fraction of sp³-hybridized carbons (Fsp3) is 0.263. The van der Waals surface area contributed by atoms with E-state index >= 15 is 0 Å².